The van der Waals surface area contributed by atoms with Gasteiger partial charge in [0, 0.05) is 11.1 Å². The summed E-state index contributed by atoms with van der Waals surface area (Å²) >= 11 is 5.78. The lowest BCUT2D eigenvalue weighted by molar-refractivity contribution is -0.394. The van der Waals surface area contributed by atoms with Crippen LogP contribution in [0.3, 0.4) is 0 Å². The Labute approximate surface area is 191 Å². The second kappa shape index (κ2) is 10.7. The summed E-state index contributed by atoms with van der Waals surface area (Å²) in [5.41, 5.74) is 1.99. The van der Waals surface area contributed by atoms with Crippen LogP contribution in [0.25, 0.3) is 0 Å². The molecule has 0 spiro atoms. The first-order valence-electron chi connectivity index (χ1n) is 9.23. The molecule has 3 aromatic carbocycles. The molecular weight excluding hydrogens is 456 g/mol. The number of nitro benzene ring substituents is 2. The zero-order chi connectivity index (χ0) is 23.8. The molecule has 0 unspecified atom stereocenters. The minimum atomic E-state index is -0.761. The molecule has 0 aromatic heterocycles. The lowest BCUT2D eigenvalue weighted by Crippen LogP contribution is -2.24. The van der Waals surface area contributed by atoms with E-state index in [0.29, 0.717) is 16.3 Å². The number of non-ortho nitro benzene ring substituents is 1. The molecule has 0 saturated carbocycles. The van der Waals surface area contributed by atoms with Crippen molar-refractivity contribution in [1.29, 1.82) is 0 Å². The van der Waals surface area contributed by atoms with Crippen LogP contribution in [-0.2, 0) is 4.79 Å². The second-order valence-corrected chi connectivity index (χ2v) is 6.81. The molecule has 1 N–H and O–H groups in total. The molecule has 0 fully saturated rings. The lowest BCUT2D eigenvalue weighted by atomic mass is 10.2. The zero-order valence-electron chi connectivity index (χ0n) is 16.7. The summed E-state index contributed by atoms with van der Waals surface area (Å²) in [6, 6.07) is 15.9. The summed E-state index contributed by atoms with van der Waals surface area (Å²) in [7, 11) is 0. The van der Waals surface area contributed by atoms with Gasteiger partial charge in [-0.15, -0.1) is 0 Å². The third-order valence-electron chi connectivity index (χ3n) is 4.04. The van der Waals surface area contributed by atoms with Gasteiger partial charge in [0.15, 0.2) is 6.61 Å². The van der Waals surface area contributed by atoms with Crippen molar-refractivity contribution in [2.45, 2.75) is 0 Å². The van der Waals surface area contributed by atoms with E-state index in [1.54, 1.807) is 36.4 Å². The van der Waals surface area contributed by atoms with E-state index in [4.69, 9.17) is 21.1 Å². The minimum absolute atomic E-state index is 0.139. The van der Waals surface area contributed by atoms with E-state index >= 15 is 0 Å². The summed E-state index contributed by atoms with van der Waals surface area (Å²) in [4.78, 5) is 32.3. The molecule has 33 heavy (non-hydrogen) atoms. The SMILES string of the molecule is O=C(COc1ccc(Cl)cc1)NN=Cc1ccc(Oc2ccc([N+](=O)[O-])cc2[N+](=O)[O-])cc1. The average molecular weight is 471 g/mol. The average Bonchev–Trinajstić information content (AvgIpc) is 2.80. The molecule has 1 amide bonds. The maximum Gasteiger partial charge on any atom is 0.318 e. The van der Waals surface area contributed by atoms with Gasteiger partial charge < -0.3 is 9.47 Å². The number of nitrogens with one attached hydrogen (secondary N) is 1. The zero-order valence-corrected chi connectivity index (χ0v) is 17.5. The van der Waals surface area contributed by atoms with Crippen LogP contribution in [0.5, 0.6) is 17.2 Å². The third-order valence-corrected chi connectivity index (χ3v) is 4.30. The third kappa shape index (κ3) is 6.74. The van der Waals surface area contributed by atoms with Gasteiger partial charge in [-0.3, -0.25) is 25.0 Å². The first kappa shape index (κ1) is 23.2. The number of hydrazone groups is 1. The topological polar surface area (TPSA) is 146 Å². The summed E-state index contributed by atoms with van der Waals surface area (Å²) in [6.45, 7) is -0.236. The van der Waals surface area contributed by atoms with Crippen molar-refractivity contribution in [2.24, 2.45) is 5.10 Å². The molecule has 3 rings (SSSR count). The monoisotopic (exact) mass is 470 g/mol. The molecule has 12 heteroatoms. The summed E-state index contributed by atoms with van der Waals surface area (Å²) in [6.07, 6.45) is 1.39. The number of benzene rings is 3. The summed E-state index contributed by atoms with van der Waals surface area (Å²) in [5, 5.41) is 26.4. The van der Waals surface area contributed by atoms with Crippen LogP contribution >= 0.6 is 11.6 Å². The normalized spacial score (nSPS) is 10.6. The van der Waals surface area contributed by atoms with Gasteiger partial charge in [-0.1, -0.05) is 11.6 Å². The van der Waals surface area contributed by atoms with Gasteiger partial charge in [0.25, 0.3) is 11.6 Å². The Morgan fingerprint density at radius 3 is 2.27 bits per heavy atom. The lowest BCUT2D eigenvalue weighted by Gasteiger charge is -2.06. The molecule has 0 bridgehead atoms. The number of carbonyl (C=O) groups is 1. The van der Waals surface area contributed by atoms with E-state index in [2.05, 4.69) is 10.5 Å². The van der Waals surface area contributed by atoms with Crippen molar-refractivity contribution in [1.82, 2.24) is 5.43 Å². The number of carbonyl (C=O) groups excluding carboxylic acids is 1. The number of halogens is 1. The number of amides is 1. The van der Waals surface area contributed by atoms with Crippen molar-refractivity contribution in [3.63, 3.8) is 0 Å². The maximum absolute atomic E-state index is 11.8. The number of nitrogens with zero attached hydrogens (tertiary/aromatic N) is 3. The fraction of sp³-hybridized carbons (Fsp3) is 0.0476. The Kier molecular flexibility index (Phi) is 7.50. The van der Waals surface area contributed by atoms with Crippen LogP contribution in [0.2, 0.25) is 5.02 Å². The van der Waals surface area contributed by atoms with E-state index in [0.717, 1.165) is 18.2 Å². The highest BCUT2D eigenvalue weighted by Gasteiger charge is 2.21. The van der Waals surface area contributed by atoms with Gasteiger partial charge in [0.1, 0.15) is 11.5 Å². The number of nitro groups is 2. The number of ether oxygens (including phenoxy) is 2. The Morgan fingerprint density at radius 2 is 1.64 bits per heavy atom. The van der Waals surface area contributed by atoms with E-state index in [1.807, 2.05) is 0 Å². The maximum atomic E-state index is 11.8. The van der Waals surface area contributed by atoms with E-state index in [1.165, 1.54) is 18.3 Å². The molecule has 168 valence electrons. The molecular formula is C21H15ClN4O7. The van der Waals surface area contributed by atoms with Crippen LogP contribution in [0.1, 0.15) is 5.56 Å². The van der Waals surface area contributed by atoms with Crippen LogP contribution in [0.15, 0.2) is 71.8 Å². The van der Waals surface area contributed by atoms with Gasteiger partial charge >= 0.3 is 5.69 Å². The Balaban J connectivity index is 1.55. The fourth-order valence-corrected chi connectivity index (χ4v) is 2.61. The predicted molar refractivity (Wildman–Crippen MR) is 119 cm³/mol. The van der Waals surface area contributed by atoms with Crippen molar-refractivity contribution < 1.29 is 24.1 Å². The smallest absolute Gasteiger partial charge is 0.318 e. The summed E-state index contributed by atoms with van der Waals surface area (Å²) in [5.74, 6) is 0.151. The minimum Gasteiger partial charge on any atom is -0.484 e. The molecule has 0 aliphatic carbocycles. The molecule has 0 heterocycles. The van der Waals surface area contributed by atoms with Gasteiger partial charge in [-0.2, -0.15) is 5.10 Å². The molecule has 3 aromatic rings. The fourth-order valence-electron chi connectivity index (χ4n) is 2.49. The highest BCUT2D eigenvalue weighted by atomic mass is 35.5. The van der Waals surface area contributed by atoms with Crippen LogP contribution < -0.4 is 14.9 Å². The van der Waals surface area contributed by atoms with Crippen LogP contribution in [0, 0.1) is 20.2 Å². The quantitative estimate of drug-likeness (QED) is 0.275. The van der Waals surface area contributed by atoms with Gasteiger partial charge in [0.2, 0.25) is 5.75 Å². The molecule has 0 saturated heterocycles. The summed E-state index contributed by atoms with van der Waals surface area (Å²) < 4.78 is 10.8. The largest absolute Gasteiger partial charge is 0.484 e. The van der Waals surface area contributed by atoms with Crippen LogP contribution in [0.4, 0.5) is 11.4 Å². The van der Waals surface area contributed by atoms with Crippen molar-refractivity contribution in [3.05, 3.63) is 97.5 Å². The molecule has 0 atom stereocenters. The first-order valence-corrected chi connectivity index (χ1v) is 9.60. The highest BCUT2D eigenvalue weighted by Crippen LogP contribution is 2.34. The first-order chi connectivity index (χ1) is 15.8. The van der Waals surface area contributed by atoms with Gasteiger partial charge in [-0.05, 0) is 60.2 Å². The highest BCUT2D eigenvalue weighted by molar-refractivity contribution is 6.30. The van der Waals surface area contributed by atoms with E-state index < -0.39 is 27.1 Å². The van der Waals surface area contributed by atoms with Crippen molar-refractivity contribution >= 4 is 35.1 Å². The van der Waals surface area contributed by atoms with Crippen molar-refractivity contribution in [2.75, 3.05) is 6.61 Å². The second-order valence-electron chi connectivity index (χ2n) is 6.37. The standard InChI is InChI=1S/C21H15ClN4O7/c22-15-3-8-17(9-4-15)32-13-21(27)24-23-12-14-1-6-18(7-2-14)33-20-10-5-16(25(28)29)11-19(20)26(30)31/h1-12H,13H2,(H,24,27). The molecule has 0 aliphatic heterocycles. The van der Waals surface area contributed by atoms with Gasteiger partial charge in [0.05, 0.1) is 22.1 Å². The van der Waals surface area contributed by atoms with Gasteiger partial charge in [-0.25, -0.2) is 5.43 Å². The number of hydrogen-bond donors (Lipinski definition) is 1. The Hall–Kier alpha value is -4.51. The molecule has 0 aliphatic rings. The van der Waals surface area contributed by atoms with Crippen molar-refractivity contribution in [3.8, 4) is 17.2 Å². The molecule has 0 radical (unpaired) electrons. The number of rotatable bonds is 9. The number of hydrogen-bond acceptors (Lipinski definition) is 8. The molecule has 11 nitrogen and oxygen atoms in total. The van der Waals surface area contributed by atoms with Crippen LogP contribution in [-0.4, -0.2) is 28.6 Å². The van der Waals surface area contributed by atoms with E-state index in [-0.39, 0.29) is 18.1 Å². The Morgan fingerprint density at radius 1 is 0.970 bits per heavy atom. The predicted octanol–water partition coefficient (Wildman–Crippen LogP) is 4.48. The van der Waals surface area contributed by atoms with E-state index in [9.17, 15) is 25.0 Å². The Bertz CT molecular complexity index is 1200.